The Hall–Kier alpha value is -2.91. The van der Waals surface area contributed by atoms with Gasteiger partial charge in [0.05, 0.1) is 12.0 Å². The van der Waals surface area contributed by atoms with Crippen LogP contribution in [0.4, 0.5) is 0 Å². The number of aromatic nitrogens is 2. The van der Waals surface area contributed by atoms with Crippen LogP contribution in [0.5, 0.6) is 0 Å². The highest BCUT2D eigenvalue weighted by molar-refractivity contribution is 7.20. The van der Waals surface area contributed by atoms with Gasteiger partial charge in [-0.15, -0.1) is 11.3 Å². The number of benzene rings is 1. The van der Waals surface area contributed by atoms with E-state index in [1.807, 2.05) is 18.2 Å². The van der Waals surface area contributed by atoms with Crippen LogP contribution in [0.1, 0.15) is 48.5 Å². The van der Waals surface area contributed by atoms with Crippen molar-refractivity contribution in [2.75, 3.05) is 6.61 Å². The Morgan fingerprint density at radius 3 is 2.41 bits per heavy atom. The molecule has 1 aromatic carbocycles. The van der Waals surface area contributed by atoms with Gasteiger partial charge >= 0.3 is 17.6 Å². The van der Waals surface area contributed by atoms with E-state index in [9.17, 15) is 19.2 Å². The van der Waals surface area contributed by atoms with Crippen molar-refractivity contribution in [1.82, 2.24) is 9.13 Å². The van der Waals surface area contributed by atoms with Gasteiger partial charge in [-0.25, -0.2) is 14.2 Å². The van der Waals surface area contributed by atoms with Crippen LogP contribution < -0.4 is 11.2 Å². The van der Waals surface area contributed by atoms with Crippen LogP contribution in [0.3, 0.4) is 0 Å². The number of halogens is 1. The zero-order valence-electron chi connectivity index (χ0n) is 19.8. The maximum atomic E-state index is 13.4. The van der Waals surface area contributed by atoms with E-state index in [2.05, 4.69) is 0 Å². The molecular formula is C24H27ClN2O6S. The molecule has 2 heterocycles. The summed E-state index contributed by atoms with van der Waals surface area (Å²) in [7, 11) is 0. The molecule has 3 aromatic rings. The molecule has 34 heavy (non-hydrogen) atoms. The second-order valence-electron chi connectivity index (χ2n) is 8.71. The minimum Gasteiger partial charge on any atom is -0.462 e. The zero-order chi connectivity index (χ0) is 25.2. The van der Waals surface area contributed by atoms with E-state index >= 15 is 0 Å². The molecule has 0 atom stereocenters. The van der Waals surface area contributed by atoms with Crippen LogP contribution in [0, 0.1) is 6.92 Å². The van der Waals surface area contributed by atoms with E-state index in [0.717, 1.165) is 21.5 Å². The molecule has 0 fully saturated rings. The normalized spacial score (nSPS) is 11.6. The summed E-state index contributed by atoms with van der Waals surface area (Å²) in [5.41, 5.74) is -0.847. The van der Waals surface area contributed by atoms with Gasteiger partial charge in [0.15, 0.2) is 0 Å². The highest BCUT2D eigenvalue weighted by atomic mass is 35.5. The third-order valence-corrected chi connectivity index (χ3v) is 6.69. The average molecular weight is 507 g/mol. The number of hydrogen-bond donors (Lipinski definition) is 0. The van der Waals surface area contributed by atoms with Crippen LogP contribution in [0.2, 0.25) is 5.02 Å². The topological polar surface area (TPSA) is 96.6 Å². The SMILES string of the molecule is CCOC(=O)c1sc2c(c1C)c(=O)n(CC(=O)OC(C)(C)C)c(=O)n2CCc1ccccc1Cl. The van der Waals surface area contributed by atoms with Crippen LogP contribution in [0.15, 0.2) is 33.9 Å². The molecule has 0 spiro atoms. The van der Waals surface area contributed by atoms with E-state index in [-0.39, 0.29) is 23.4 Å². The Morgan fingerprint density at radius 2 is 1.79 bits per heavy atom. The van der Waals surface area contributed by atoms with Crippen LogP contribution in [-0.2, 0) is 33.8 Å². The van der Waals surface area contributed by atoms with Crippen LogP contribution in [-0.4, -0.2) is 33.3 Å². The Labute approximate surface area is 205 Å². The first-order valence-electron chi connectivity index (χ1n) is 10.8. The number of aryl methyl sites for hydroxylation is 3. The maximum Gasteiger partial charge on any atom is 0.348 e. The summed E-state index contributed by atoms with van der Waals surface area (Å²) in [4.78, 5) is 52.3. The average Bonchev–Trinajstić information content (AvgIpc) is 3.08. The molecule has 0 saturated carbocycles. The first kappa shape index (κ1) is 25.7. The van der Waals surface area contributed by atoms with Gasteiger partial charge in [0.1, 0.15) is 21.9 Å². The maximum absolute atomic E-state index is 13.4. The van der Waals surface area contributed by atoms with Gasteiger partial charge < -0.3 is 9.47 Å². The van der Waals surface area contributed by atoms with Crippen molar-refractivity contribution < 1.29 is 19.1 Å². The molecule has 0 radical (unpaired) electrons. The van der Waals surface area contributed by atoms with E-state index in [1.54, 1.807) is 40.7 Å². The van der Waals surface area contributed by atoms with Gasteiger partial charge in [0.25, 0.3) is 5.56 Å². The Morgan fingerprint density at radius 1 is 1.12 bits per heavy atom. The van der Waals surface area contributed by atoms with Crippen LogP contribution >= 0.6 is 22.9 Å². The number of carbonyl (C=O) groups is 2. The van der Waals surface area contributed by atoms with Crippen molar-refractivity contribution in [3.8, 4) is 0 Å². The molecule has 0 N–H and O–H groups in total. The molecule has 0 aliphatic heterocycles. The number of thiophene rings is 1. The van der Waals surface area contributed by atoms with Gasteiger partial charge in [-0.2, -0.15) is 0 Å². The standard InChI is InChI=1S/C24H27ClN2O6S/c1-6-32-22(30)19-14(2)18-20(29)27(13-17(28)33-24(3,4)5)23(31)26(21(18)34-19)12-11-15-9-7-8-10-16(15)25/h7-10H,6,11-13H2,1-5H3. The lowest BCUT2D eigenvalue weighted by atomic mass is 10.1. The second kappa shape index (κ2) is 10.1. The number of carbonyl (C=O) groups excluding carboxylic acids is 2. The molecule has 0 bridgehead atoms. The number of fused-ring (bicyclic) bond motifs is 1. The first-order valence-corrected chi connectivity index (χ1v) is 12.0. The molecule has 10 heteroatoms. The fraction of sp³-hybridized carbons (Fsp3) is 0.417. The predicted octanol–water partition coefficient (Wildman–Crippen LogP) is 3.95. The zero-order valence-corrected chi connectivity index (χ0v) is 21.3. The van der Waals surface area contributed by atoms with Crippen molar-refractivity contribution in [3.63, 3.8) is 0 Å². The van der Waals surface area contributed by atoms with E-state index < -0.39 is 35.3 Å². The van der Waals surface area contributed by atoms with Gasteiger partial charge in [0, 0.05) is 11.6 Å². The Bertz CT molecular complexity index is 1360. The first-order chi connectivity index (χ1) is 15.9. The largest absolute Gasteiger partial charge is 0.462 e. The van der Waals surface area contributed by atoms with E-state index in [1.165, 1.54) is 4.57 Å². The summed E-state index contributed by atoms with van der Waals surface area (Å²) in [5.74, 6) is -1.27. The number of hydrogen-bond acceptors (Lipinski definition) is 7. The summed E-state index contributed by atoms with van der Waals surface area (Å²) in [6, 6.07) is 7.26. The highest BCUT2D eigenvalue weighted by Gasteiger charge is 2.25. The van der Waals surface area contributed by atoms with Crippen LogP contribution in [0.25, 0.3) is 10.2 Å². The minimum absolute atomic E-state index is 0.175. The molecule has 8 nitrogen and oxygen atoms in total. The molecule has 3 rings (SSSR count). The lowest BCUT2D eigenvalue weighted by molar-refractivity contribution is -0.155. The lowest BCUT2D eigenvalue weighted by Gasteiger charge is -2.20. The van der Waals surface area contributed by atoms with Crippen molar-refractivity contribution in [2.45, 2.75) is 59.7 Å². The second-order valence-corrected chi connectivity index (χ2v) is 10.1. The highest BCUT2D eigenvalue weighted by Crippen LogP contribution is 2.29. The summed E-state index contributed by atoms with van der Waals surface area (Å²) in [6.07, 6.45) is 0.408. The number of esters is 2. The molecule has 0 unspecified atom stereocenters. The molecule has 182 valence electrons. The Balaban J connectivity index is 2.18. The van der Waals surface area contributed by atoms with E-state index in [0.29, 0.717) is 21.8 Å². The Kier molecular flexibility index (Phi) is 7.67. The summed E-state index contributed by atoms with van der Waals surface area (Å²) in [6.45, 7) is 8.25. The summed E-state index contributed by atoms with van der Waals surface area (Å²) < 4.78 is 12.7. The molecule has 0 aliphatic carbocycles. The molecule has 2 aromatic heterocycles. The molecule has 0 aliphatic rings. The van der Waals surface area contributed by atoms with Crippen molar-refractivity contribution >= 4 is 45.1 Å². The van der Waals surface area contributed by atoms with Gasteiger partial charge in [-0.1, -0.05) is 29.8 Å². The number of rotatable bonds is 7. The quantitative estimate of drug-likeness (QED) is 0.450. The van der Waals surface area contributed by atoms with Gasteiger partial charge in [-0.3, -0.25) is 14.2 Å². The molecular weight excluding hydrogens is 480 g/mol. The molecule has 0 saturated heterocycles. The lowest BCUT2D eigenvalue weighted by Crippen LogP contribution is -2.42. The van der Waals surface area contributed by atoms with E-state index in [4.69, 9.17) is 21.1 Å². The fourth-order valence-electron chi connectivity index (χ4n) is 3.56. The van der Waals surface area contributed by atoms with Crippen molar-refractivity contribution in [3.05, 3.63) is 66.1 Å². The summed E-state index contributed by atoms with van der Waals surface area (Å²) >= 11 is 7.31. The summed E-state index contributed by atoms with van der Waals surface area (Å²) in [5, 5.41) is 0.763. The van der Waals surface area contributed by atoms with Gasteiger partial charge in [-0.05, 0) is 58.2 Å². The third kappa shape index (κ3) is 5.42. The third-order valence-electron chi connectivity index (χ3n) is 5.02. The van der Waals surface area contributed by atoms with Gasteiger partial charge in [0.2, 0.25) is 0 Å². The fourth-order valence-corrected chi connectivity index (χ4v) is 5.00. The number of ether oxygens (including phenoxy) is 2. The van der Waals surface area contributed by atoms with Crippen molar-refractivity contribution in [1.29, 1.82) is 0 Å². The minimum atomic E-state index is -0.775. The predicted molar refractivity (Wildman–Crippen MR) is 132 cm³/mol. The number of nitrogens with zero attached hydrogens (tertiary/aromatic N) is 2. The monoisotopic (exact) mass is 506 g/mol. The smallest absolute Gasteiger partial charge is 0.348 e. The molecule has 0 amide bonds. The van der Waals surface area contributed by atoms with Crippen molar-refractivity contribution in [2.24, 2.45) is 0 Å².